The van der Waals surface area contributed by atoms with Crippen LogP contribution in [0.15, 0.2) is 16.7 Å². The molecule has 0 radical (unpaired) electrons. The molecule has 14 heavy (non-hydrogen) atoms. The molecule has 0 spiro atoms. The second-order valence-corrected chi connectivity index (χ2v) is 4.03. The van der Waals surface area contributed by atoms with Gasteiger partial charge in [0.1, 0.15) is 6.10 Å². The first kappa shape index (κ1) is 11.5. The van der Waals surface area contributed by atoms with Crippen LogP contribution < -0.4 is 10.1 Å². The molecule has 1 heterocycles. The van der Waals surface area contributed by atoms with Crippen molar-refractivity contribution in [3.05, 3.63) is 22.3 Å². The molecule has 0 saturated heterocycles. The highest BCUT2D eigenvalue weighted by atomic mass is 79.9. The first-order valence-corrected chi connectivity index (χ1v) is 5.36. The summed E-state index contributed by atoms with van der Waals surface area (Å²) in [5.74, 6) is 0.660. The van der Waals surface area contributed by atoms with Crippen LogP contribution in [0.1, 0.15) is 12.5 Å². The van der Waals surface area contributed by atoms with Gasteiger partial charge in [-0.1, -0.05) is 0 Å². The molecule has 0 fully saturated rings. The maximum absolute atomic E-state index is 5.65. The summed E-state index contributed by atoms with van der Waals surface area (Å²) in [5, 5.41) is 3.05. The lowest BCUT2D eigenvalue weighted by atomic mass is 10.3. The molecule has 0 aliphatic rings. The number of aromatic nitrogens is 1. The van der Waals surface area contributed by atoms with Gasteiger partial charge in [0, 0.05) is 12.7 Å². The molecule has 1 aromatic rings. The summed E-state index contributed by atoms with van der Waals surface area (Å²) in [4.78, 5) is 4.16. The molecule has 78 valence electrons. The zero-order chi connectivity index (χ0) is 10.6. The zero-order valence-electron chi connectivity index (χ0n) is 8.67. The Morgan fingerprint density at radius 2 is 2.36 bits per heavy atom. The van der Waals surface area contributed by atoms with Crippen molar-refractivity contribution in [2.75, 3.05) is 13.6 Å². The average molecular weight is 259 g/mol. The van der Waals surface area contributed by atoms with E-state index in [0.29, 0.717) is 5.88 Å². The highest BCUT2D eigenvalue weighted by molar-refractivity contribution is 9.10. The van der Waals surface area contributed by atoms with Gasteiger partial charge in [0.15, 0.2) is 0 Å². The average Bonchev–Trinajstić information content (AvgIpc) is 2.13. The van der Waals surface area contributed by atoms with E-state index in [1.165, 1.54) is 0 Å². The monoisotopic (exact) mass is 258 g/mol. The Kier molecular flexibility index (Phi) is 4.35. The van der Waals surface area contributed by atoms with Crippen molar-refractivity contribution in [1.29, 1.82) is 0 Å². The Morgan fingerprint density at radius 3 is 3.00 bits per heavy atom. The summed E-state index contributed by atoms with van der Waals surface area (Å²) in [6.07, 6.45) is 1.87. The Morgan fingerprint density at radius 1 is 1.64 bits per heavy atom. The number of rotatable bonds is 4. The molecule has 1 unspecified atom stereocenters. The molecular weight excluding hydrogens is 244 g/mol. The lowest BCUT2D eigenvalue weighted by Gasteiger charge is -2.14. The van der Waals surface area contributed by atoms with Crippen LogP contribution in [-0.2, 0) is 0 Å². The van der Waals surface area contributed by atoms with Crippen LogP contribution in [-0.4, -0.2) is 24.7 Å². The number of nitrogens with one attached hydrogen (secondary N) is 1. The predicted molar refractivity (Wildman–Crippen MR) is 60.7 cm³/mol. The SMILES string of the molecule is CNCC(C)Oc1nccc(C)c1Br. The minimum atomic E-state index is 0.116. The van der Waals surface area contributed by atoms with Crippen LogP contribution in [0.25, 0.3) is 0 Å². The van der Waals surface area contributed by atoms with Crippen LogP contribution in [0.3, 0.4) is 0 Å². The van der Waals surface area contributed by atoms with Crippen molar-refractivity contribution in [2.24, 2.45) is 0 Å². The number of aryl methyl sites for hydroxylation is 1. The molecular formula is C10H15BrN2O. The number of nitrogens with zero attached hydrogens (tertiary/aromatic N) is 1. The van der Waals surface area contributed by atoms with Gasteiger partial charge in [-0.05, 0) is 48.5 Å². The number of hydrogen-bond acceptors (Lipinski definition) is 3. The van der Waals surface area contributed by atoms with Gasteiger partial charge in [-0.25, -0.2) is 4.98 Å². The van der Waals surface area contributed by atoms with E-state index in [1.807, 2.05) is 27.0 Å². The van der Waals surface area contributed by atoms with Gasteiger partial charge >= 0.3 is 0 Å². The Balaban J connectivity index is 2.71. The highest BCUT2D eigenvalue weighted by Gasteiger charge is 2.08. The zero-order valence-corrected chi connectivity index (χ0v) is 10.3. The van der Waals surface area contributed by atoms with E-state index in [-0.39, 0.29) is 6.10 Å². The molecule has 3 nitrogen and oxygen atoms in total. The van der Waals surface area contributed by atoms with Crippen LogP contribution in [0.4, 0.5) is 0 Å². The lowest BCUT2D eigenvalue weighted by molar-refractivity contribution is 0.210. The molecule has 0 bridgehead atoms. The summed E-state index contributed by atoms with van der Waals surface area (Å²) in [5.41, 5.74) is 1.13. The molecule has 1 N–H and O–H groups in total. The third kappa shape index (κ3) is 2.96. The minimum Gasteiger partial charge on any atom is -0.472 e. The summed E-state index contributed by atoms with van der Waals surface area (Å²) < 4.78 is 6.58. The highest BCUT2D eigenvalue weighted by Crippen LogP contribution is 2.25. The quantitative estimate of drug-likeness (QED) is 0.899. The minimum absolute atomic E-state index is 0.116. The van der Waals surface area contributed by atoms with Crippen LogP contribution in [0.2, 0.25) is 0 Å². The van der Waals surface area contributed by atoms with Crippen LogP contribution in [0.5, 0.6) is 5.88 Å². The fraction of sp³-hybridized carbons (Fsp3) is 0.500. The molecule has 4 heteroatoms. The van der Waals surface area contributed by atoms with Crippen molar-refractivity contribution in [3.63, 3.8) is 0 Å². The molecule has 0 aliphatic carbocycles. The molecule has 0 saturated carbocycles. The van der Waals surface area contributed by atoms with E-state index in [1.54, 1.807) is 6.20 Å². The standard InChI is InChI=1S/C10H15BrN2O/c1-7-4-5-13-10(9(7)11)14-8(2)6-12-3/h4-5,8,12H,6H2,1-3H3. The van der Waals surface area contributed by atoms with Gasteiger partial charge in [-0.2, -0.15) is 0 Å². The van der Waals surface area contributed by atoms with Gasteiger partial charge in [-0.15, -0.1) is 0 Å². The van der Waals surface area contributed by atoms with Gasteiger partial charge in [0.05, 0.1) is 4.47 Å². The molecule has 1 atom stereocenters. The fourth-order valence-electron chi connectivity index (χ4n) is 1.12. The predicted octanol–water partition coefficient (Wildman–Crippen LogP) is 2.14. The Labute approximate surface area is 93.0 Å². The van der Waals surface area contributed by atoms with Crippen molar-refractivity contribution in [2.45, 2.75) is 20.0 Å². The maximum Gasteiger partial charge on any atom is 0.228 e. The first-order chi connectivity index (χ1) is 6.65. The third-order valence-electron chi connectivity index (χ3n) is 1.85. The largest absolute Gasteiger partial charge is 0.472 e. The Bertz CT molecular complexity index is 304. The third-order valence-corrected chi connectivity index (χ3v) is 2.82. The van der Waals surface area contributed by atoms with Gasteiger partial charge in [0.25, 0.3) is 0 Å². The van der Waals surface area contributed by atoms with E-state index in [9.17, 15) is 0 Å². The molecule has 0 aromatic carbocycles. The second kappa shape index (κ2) is 5.32. The van der Waals surface area contributed by atoms with E-state index in [4.69, 9.17) is 4.74 Å². The molecule has 1 rings (SSSR count). The number of pyridine rings is 1. The van der Waals surface area contributed by atoms with E-state index < -0.39 is 0 Å². The van der Waals surface area contributed by atoms with Crippen molar-refractivity contribution >= 4 is 15.9 Å². The first-order valence-electron chi connectivity index (χ1n) is 4.57. The van der Waals surface area contributed by atoms with Crippen molar-refractivity contribution < 1.29 is 4.74 Å². The second-order valence-electron chi connectivity index (χ2n) is 3.23. The van der Waals surface area contributed by atoms with Crippen LogP contribution >= 0.6 is 15.9 Å². The van der Waals surface area contributed by atoms with Gasteiger partial charge in [0.2, 0.25) is 5.88 Å². The van der Waals surface area contributed by atoms with Crippen molar-refractivity contribution in [1.82, 2.24) is 10.3 Å². The smallest absolute Gasteiger partial charge is 0.228 e. The Hall–Kier alpha value is -0.610. The number of likely N-dealkylation sites (N-methyl/N-ethyl adjacent to an activating group) is 1. The molecule has 0 aliphatic heterocycles. The molecule has 0 amide bonds. The van der Waals surface area contributed by atoms with E-state index in [2.05, 4.69) is 26.2 Å². The fourth-order valence-corrected chi connectivity index (χ4v) is 1.45. The summed E-state index contributed by atoms with van der Waals surface area (Å²) in [6, 6.07) is 1.94. The van der Waals surface area contributed by atoms with Crippen molar-refractivity contribution in [3.8, 4) is 5.88 Å². The molecule has 1 aromatic heterocycles. The van der Waals surface area contributed by atoms with Crippen LogP contribution in [0, 0.1) is 6.92 Å². The number of halogens is 1. The van der Waals surface area contributed by atoms with Gasteiger partial charge in [-0.3, -0.25) is 0 Å². The number of hydrogen-bond donors (Lipinski definition) is 1. The van der Waals surface area contributed by atoms with E-state index in [0.717, 1.165) is 16.6 Å². The summed E-state index contributed by atoms with van der Waals surface area (Å²) in [7, 11) is 1.90. The number of ether oxygens (including phenoxy) is 1. The topological polar surface area (TPSA) is 34.1 Å². The maximum atomic E-state index is 5.65. The lowest BCUT2D eigenvalue weighted by Crippen LogP contribution is -2.26. The normalized spacial score (nSPS) is 12.6. The summed E-state index contributed by atoms with van der Waals surface area (Å²) >= 11 is 3.45. The van der Waals surface area contributed by atoms with Gasteiger partial charge < -0.3 is 10.1 Å². The summed E-state index contributed by atoms with van der Waals surface area (Å²) in [6.45, 7) is 4.83. The van der Waals surface area contributed by atoms with E-state index >= 15 is 0 Å².